The van der Waals surface area contributed by atoms with Gasteiger partial charge in [-0.3, -0.25) is 0 Å². The van der Waals surface area contributed by atoms with Gasteiger partial charge in [-0.1, -0.05) is 12.1 Å². The van der Waals surface area contributed by atoms with E-state index in [9.17, 15) is 17.6 Å². The Hall–Kier alpha value is -1.06. The molecule has 1 aromatic carbocycles. The molecule has 0 aliphatic carbocycles. The molecule has 0 aliphatic heterocycles. The zero-order chi connectivity index (χ0) is 10.1. The molecule has 1 atom stereocenters. The monoisotopic (exact) mass is 192 g/mol. The summed E-state index contributed by atoms with van der Waals surface area (Å²) in [5.41, 5.74) is 0.0777. The molecule has 0 radical (unpaired) electrons. The number of halogens is 4. The predicted molar refractivity (Wildman–Crippen MR) is 40.9 cm³/mol. The minimum atomic E-state index is -4.27. The summed E-state index contributed by atoms with van der Waals surface area (Å²) < 4.78 is 48.8. The largest absolute Gasteiger partial charge is 0.395 e. The molecule has 0 aliphatic rings. The fraction of sp³-hybridized carbons (Fsp3) is 0.333. The summed E-state index contributed by atoms with van der Waals surface area (Å²) in [6.07, 6.45) is -4.27. The molecule has 0 saturated carbocycles. The summed E-state index contributed by atoms with van der Waals surface area (Å²) >= 11 is 0. The van der Waals surface area contributed by atoms with Crippen LogP contribution in [0.2, 0.25) is 0 Å². The second-order valence-corrected chi connectivity index (χ2v) is 2.81. The Kier molecular flexibility index (Phi) is 2.59. The molecule has 0 nitrogen and oxygen atoms in total. The summed E-state index contributed by atoms with van der Waals surface area (Å²) in [6.45, 7) is 1.05. The lowest BCUT2D eigenvalue weighted by molar-refractivity contribution is -0.146. The zero-order valence-corrected chi connectivity index (χ0v) is 6.90. The highest BCUT2D eigenvalue weighted by molar-refractivity contribution is 5.20. The van der Waals surface area contributed by atoms with Gasteiger partial charge < -0.3 is 0 Å². The first-order chi connectivity index (χ1) is 5.91. The fourth-order valence-corrected chi connectivity index (χ4v) is 0.940. The molecule has 0 spiro atoms. The van der Waals surface area contributed by atoms with Gasteiger partial charge in [-0.2, -0.15) is 13.2 Å². The lowest BCUT2D eigenvalue weighted by atomic mass is 10.0. The minimum absolute atomic E-state index is 0.0777. The maximum Gasteiger partial charge on any atom is 0.395 e. The molecular weight excluding hydrogens is 184 g/mol. The third kappa shape index (κ3) is 2.44. The lowest BCUT2D eigenvalue weighted by Gasteiger charge is -2.15. The molecule has 0 unspecified atom stereocenters. The van der Waals surface area contributed by atoms with Crippen LogP contribution in [0.1, 0.15) is 18.4 Å². The van der Waals surface area contributed by atoms with E-state index < -0.39 is 17.9 Å². The van der Waals surface area contributed by atoms with Gasteiger partial charge >= 0.3 is 6.18 Å². The first-order valence-corrected chi connectivity index (χ1v) is 3.73. The smallest absolute Gasteiger partial charge is 0.207 e. The minimum Gasteiger partial charge on any atom is -0.207 e. The van der Waals surface area contributed by atoms with Gasteiger partial charge in [0.1, 0.15) is 5.82 Å². The average molecular weight is 192 g/mol. The number of hydrogen-bond donors (Lipinski definition) is 0. The van der Waals surface area contributed by atoms with Gasteiger partial charge in [0.2, 0.25) is 0 Å². The number of hydrogen-bond acceptors (Lipinski definition) is 0. The van der Waals surface area contributed by atoms with E-state index in [4.69, 9.17) is 0 Å². The van der Waals surface area contributed by atoms with E-state index in [1.54, 1.807) is 0 Å². The second kappa shape index (κ2) is 3.36. The van der Waals surface area contributed by atoms with E-state index >= 15 is 0 Å². The molecule has 4 heteroatoms. The summed E-state index contributed by atoms with van der Waals surface area (Å²) in [6, 6.07) is 4.34. The topological polar surface area (TPSA) is 0 Å². The molecule has 1 rings (SSSR count). The fourth-order valence-electron chi connectivity index (χ4n) is 0.940. The van der Waals surface area contributed by atoms with E-state index in [-0.39, 0.29) is 5.56 Å². The van der Waals surface area contributed by atoms with Crippen molar-refractivity contribution in [1.29, 1.82) is 0 Å². The SMILES string of the molecule is C[C@H](c1ccc(F)cc1)C(F)(F)F. The van der Waals surface area contributed by atoms with Crippen LogP contribution in [0.5, 0.6) is 0 Å². The van der Waals surface area contributed by atoms with Crippen molar-refractivity contribution in [1.82, 2.24) is 0 Å². The van der Waals surface area contributed by atoms with Crippen molar-refractivity contribution in [2.45, 2.75) is 19.0 Å². The van der Waals surface area contributed by atoms with Crippen LogP contribution in [-0.2, 0) is 0 Å². The van der Waals surface area contributed by atoms with Gasteiger partial charge in [0.25, 0.3) is 0 Å². The molecule has 1 aromatic rings. The summed E-state index contributed by atoms with van der Waals surface area (Å²) in [5.74, 6) is -2.08. The standard InChI is InChI=1S/C9H8F4/c1-6(9(11,12)13)7-2-4-8(10)5-3-7/h2-6H,1H3/t6-/m1/s1. The normalized spacial score (nSPS) is 14.2. The average Bonchev–Trinajstić information content (AvgIpc) is 2.03. The van der Waals surface area contributed by atoms with Crippen molar-refractivity contribution in [2.24, 2.45) is 0 Å². The van der Waals surface area contributed by atoms with E-state index in [0.29, 0.717) is 0 Å². The summed E-state index contributed by atoms with van der Waals surface area (Å²) in [7, 11) is 0. The van der Waals surface area contributed by atoms with Crippen LogP contribution < -0.4 is 0 Å². The van der Waals surface area contributed by atoms with Crippen LogP contribution >= 0.6 is 0 Å². The van der Waals surface area contributed by atoms with Crippen molar-refractivity contribution in [2.75, 3.05) is 0 Å². The molecule has 0 bridgehead atoms. The number of alkyl halides is 3. The molecule has 0 aromatic heterocycles. The molecule has 0 amide bonds. The van der Waals surface area contributed by atoms with Crippen molar-refractivity contribution in [3.63, 3.8) is 0 Å². The number of benzene rings is 1. The van der Waals surface area contributed by atoms with Crippen LogP contribution in [0, 0.1) is 5.82 Å². The van der Waals surface area contributed by atoms with E-state index in [1.165, 1.54) is 0 Å². The lowest BCUT2D eigenvalue weighted by Crippen LogP contribution is -2.17. The van der Waals surface area contributed by atoms with E-state index in [2.05, 4.69) is 0 Å². The Morgan fingerprint density at radius 3 is 1.92 bits per heavy atom. The van der Waals surface area contributed by atoms with Gasteiger partial charge in [0.15, 0.2) is 0 Å². The zero-order valence-electron chi connectivity index (χ0n) is 6.90. The quantitative estimate of drug-likeness (QED) is 0.597. The van der Waals surface area contributed by atoms with Gasteiger partial charge in [0, 0.05) is 0 Å². The summed E-state index contributed by atoms with van der Waals surface area (Å²) in [4.78, 5) is 0. The van der Waals surface area contributed by atoms with Crippen molar-refractivity contribution >= 4 is 0 Å². The Bertz CT molecular complexity index is 273. The molecule has 0 fully saturated rings. The van der Waals surface area contributed by atoms with Crippen LogP contribution in [0.4, 0.5) is 17.6 Å². The van der Waals surface area contributed by atoms with Gasteiger partial charge in [-0.05, 0) is 24.6 Å². The van der Waals surface area contributed by atoms with Gasteiger partial charge in [0.05, 0.1) is 5.92 Å². The first kappa shape index (κ1) is 10.0. The molecule has 0 saturated heterocycles. The van der Waals surface area contributed by atoms with Crippen LogP contribution in [0.25, 0.3) is 0 Å². The third-order valence-corrected chi connectivity index (χ3v) is 1.86. The van der Waals surface area contributed by atoms with Crippen molar-refractivity contribution in [3.05, 3.63) is 35.6 Å². The Morgan fingerprint density at radius 2 is 1.54 bits per heavy atom. The van der Waals surface area contributed by atoms with E-state index in [1.807, 2.05) is 0 Å². The van der Waals surface area contributed by atoms with Crippen molar-refractivity contribution < 1.29 is 17.6 Å². The van der Waals surface area contributed by atoms with E-state index in [0.717, 1.165) is 31.2 Å². The molecule has 13 heavy (non-hydrogen) atoms. The van der Waals surface area contributed by atoms with Crippen molar-refractivity contribution in [3.8, 4) is 0 Å². The van der Waals surface area contributed by atoms with Gasteiger partial charge in [-0.25, -0.2) is 4.39 Å². The second-order valence-electron chi connectivity index (χ2n) is 2.81. The molecule has 0 heterocycles. The van der Waals surface area contributed by atoms with Crippen LogP contribution in [0.15, 0.2) is 24.3 Å². The molecule has 72 valence electrons. The van der Waals surface area contributed by atoms with Gasteiger partial charge in [-0.15, -0.1) is 0 Å². The van der Waals surface area contributed by atoms with Crippen LogP contribution in [-0.4, -0.2) is 6.18 Å². The number of rotatable bonds is 1. The highest BCUT2D eigenvalue weighted by atomic mass is 19.4. The van der Waals surface area contributed by atoms with Crippen LogP contribution in [0.3, 0.4) is 0 Å². The molecule has 0 N–H and O–H groups in total. The Balaban J connectivity index is 2.90. The highest BCUT2D eigenvalue weighted by Gasteiger charge is 2.36. The molecular formula is C9H8F4. The first-order valence-electron chi connectivity index (χ1n) is 3.73. The third-order valence-electron chi connectivity index (χ3n) is 1.86. The maximum atomic E-state index is 12.4. The predicted octanol–water partition coefficient (Wildman–Crippen LogP) is 3.49. The highest BCUT2D eigenvalue weighted by Crippen LogP contribution is 2.33. The Morgan fingerprint density at radius 1 is 1.08 bits per heavy atom. The Labute approximate surface area is 73.2 Å². The summed E-state index contributed by atoms with van der Waals surface area (Å²) in [5, 5.41) is 0. The maximum absolute atomic E-state index is 12.4.